The predicted octanol–water partition coefficient (Wildman–Crippen LogP) is 8.45. The van der Waals surface area contributed by atoms with Gasteiger partial charge in [0, 0.05) is 0 Å². The largest absolute Gasteiger partial charge is 0.0654 e. The average molecular weight is 331 g/mol. The monoisotopic (exact) mass is 330 g/mol. The van der Waals surface area contributed by atoms with Crippen molar-refractivity contribution in [3.05, 3.63) is 35.9 Å². The van der Waals surface area contributed by atoms with Crippen molar-refractivity contribution < 1.29 is 0 Å². The van der Waals surface area contributed by atoms with Crippen LogP contribution in [0.3, 0.4) is 0 Å². The van der Waals surface area contributed by atoms with E-state index in [1.54, 1.807) is 5.56 Å². The highest BCUT2D eigenvalue weighted by Gasteiger charge is 2.24. The maximum Gasteiger partial charge on any atom is -0.00753 e. The van der Waals surface area contributed by atoms with E-state index in [4.69, 9.17) is 0 Å². The maximum absolute atomic E-state index is 2.49. The van der Waals surface area contributed by atoms with E-state index in [1.165, 1.54) is 89.9 Å². The Bertz CT molecular complexity index is 380. The molecular weight excluding hydrogens is 288 g/mol. The Balaban J connectivity index is 2.21. The Morgan fingerprint density at radius 1 is 0.583 bits per heavy atom. The third kappa shape index (κ3) is 8.90. The van der Waals surface area contributed by atoms with Crippen LogP contribution in [0.15, 0.2) is 30.3 Å². The molecule has 0 nitrogen and oxygen atoms in total. The number of rotatable bonds is 15. The summed E-state index contributed by atoms with van der Waals surface area (Å²) in [6.45, 7) is 7.10. The minimum absolute atomic E-state index is 0.386. The lowest BCUT2D eigenvalue weighted by Crippen LogP contribution is -2.21. The zero-order valence-corrected chi connectivity index (χ0v) is 16.8. The number of hydrogen-bond acceptors (Lipinski definition) is 0. The molecule has 0 bridgehead atoms. The van der Waals surface area contributed by atoms with Gasteiger partial charge in [-0.25, -0.2) is 0 Å². The second-order valence-electron chi connectivity index (χ2n) is 7.96. The molecule has 24 heavy (non-hydrogen) atoms. The van der Waals surface area contributed by atoms with Gasteiger partial charge in [0.25, 0.3) is 0 Å². The van der Waals surface area contributed by atoms with Gasteiger partial charge in [-0.1, -0.05) is 128 Å². The van der Waals surface area contributed by atoms with Crippen LogP contribution in [0, 0.1) is 0 Å². The van der Waals surface area contributed by atoms with Crippen molar-refractivity contribution in [2.24, 2.45) is 0 Å². The SMILES string of the molecule is CCCCCCCCCCCCC(C)(CCCC)c1ccccc1. The van der Waals surface area contributed by atoms with E-state index in [2.05, 4.69) is 51.1 Å². The zero-order chi connectivity index (χ0) is 17.5. The fourth-order valence-electron chi connectivity index (χ4n) is 3.82. The maximum atomic E-state index is 2.49. The smallest absolute Gasteiger partial charge is 0.00753 e. The van der Waals surface area contributed by atoms with Crippen molar-refractivity contribution >= 4 is 0 Å². The lowest BCUT2D eigenvalue weighted by Gasteiger charge is -2.30. The van der Waals surface area contributed by atoms with Crippen LogP contribution in [-0.4, -0.2) is 0 Å². The molecule has 0 fully saturated rings. The Morgan fingerprint density at radius 3 is 1.58 bits per heavy atom. The minimum Gasteiger partial charge on any atom is -0.0654 e. The third-order valence-corrected chi connectivity index (χ3v) is 5.63. The Labute approximate surface area is 152 Å². The summed E-state index contributed by atoms with van der Waals surface area (Å²) in [4.78, 5) is 0. The van der Waals surface area contributed by atoms with E-state index >= 15 is 0 Å². The number of hydrogen-bond donors (Lipinski definition) is 0. The normalized spacial score (nSPS) is 13.8. The molecule has 0 aliphatic carbocycles. The Hall–Kier alpha value is -0.780. The second-order valence-corrected chi connectivity index (χ2v) is 7.96. The highest BCUT2D eigenvalue weighted by molar-refractivity contribution is 5.24. The third-order valence-electron chi connectivity index (χ3n) is 5.63. The number of unbranched alkanes of at least 4 members (excludes halogenated alkanes) is 10. The molecule has 0 aliphatic heterocycles. The van der Waals surface area contributed by atoms with E-state index in [9.17, 15) is 0 Å². The molecule has 1 aromatic carbocycles. The first-order valence-corrected chi connectivity index (χ1v) is 10.8. The number of benzene rings is 1. The van der Waals surface area contributed by atoms with Gasteiger partial charge in [-0.05, 0) is 23.8 Å². The molecule has 0 saturated heterocycles. The molecular formula is C24H42. The molecule has 0 amide bonds. The zero-order valence-electron chi connectivity index (χ0n) is 16.8. The first-order valence-electron chi connectivity index (χ1n) is 10.8. The molecule has 138 valence electrons. The quantitative estimate of drug-likeness (QED) is 0.283. The van der Waals surface area contributed by atoms with E-state index < -0.39 is 0 Å². The summed E-state index contributed by atoms with van der Waals surface area (Å²) in [6, 6.07) is 11.2. The summed E-state index contributed by atoms with van der Waals surface area (Å²) in [6.07, 6.45) is 19.6. The van der Waals surface area contributed by atoms with Gasteiger partial charge >= 0.3 is 0 Å². The lowest BCUT2D eigenvalue weighted by molar-refractivity contribution is 0.367. The second kappa shape index (κ2) is 13.5. The molecule has 0 saturated carbocycles. The van der Waals surface area contributed by atoms with Crippen molar-refractivity contribution in [2.45, 2.75) is 116 Å². The van der Waals surface area contributed by atoms with Gasteiger partial charge in [-0.3, -0.25) is 0 Å². The standard InChI is InChI=1S/C24H42/c1-4-6-8-9-10-11-12-13-14-18-22-24(3,21-7-5-2)23-19-16-15-17-20-23/h15-17,19-20H,4-14,18,21-22H2,1-3H3. The Morgan fingerprint density at radius 2 is 1.04 bits per heavy atom. The van der Waals surface area contributed by atoms with Gasteiger partial charge in [0.1, 0.15) is 0 Å². The summed E-state index contributed by atoms with van der Waals surface area (Å²) >= 11 is 0. The first-order chi connectivity index (χ1) is 11.7. The minimum atomic E-state index is 0.386. The molecule has 0 aliphatic rings. The van der Waals surface area contributed by atoms with Gasteiger partial charge in [0.15, 0.2) is 0 Å². The molecule has 0 heterocycles. The van der Waals surface area contributed by atoms with Crippen LogP contribution < -0.4 is 0 Å². The highest BCUT2D eigenvalue weighted by atomic mass is 14.3. The van der Waals surface area contributed by atoms with Gasteiger partial charge in [-0.15, -0.1) is 0 Å². The topological polar surface area (TPSA) is 0 Å². The van der Waals surface area contributed by atoms with Crippen LogP contribution in [0.1, 0.15) is 116 Å². The van der Waals surface area contributed by atoms with E-state index in [0.717, 1.165) is 0 Å². The van der Waals surface area contributed by atoms with E-state index in [0.29, 0.717) is 5.41 Å². The van der Waals surface area contributed by atoms with Crippen molar-refractivity contribution in [3.63, 3.8) is 0 Å². The van der Waals surface area contributed by atoms with E-state index in [-0.39, 0.29) is 0 Å². The fraction of sp³-hybridized carbons (Fsp3) is 0.750. The van der Waals surface area contributed by atoms with Crippen LogP contribution in [0.25, 0.3) is 0 Å². The molecule has 1 unspecified atom stereocenters. The van der Waals surface area contributed by atoms with Crippen molar-refractivity contribution in [1.29, 1.82) is 0 Å². The van der Waals surface area contributed by atoms with Crippen molar-refractivity contribution in [2.75, 3.05) is 0 Å². The van der Waals surface area contributed by atoms with Crippen LogP contribution in [0.4, 0.5) is 0 Å². The van der Waals surface area contributed by atoms with Crippen LogP contribution >= 0.6 is 0 Å². The van der Waals surface area contributed by atoms with Gasteiger partial charge in [0.05, 0.1) is 0 Å². The molecule has 0 N–H and O–H groups in total. The first kappa shape index (κ1) is 21.3. The summed E-state index contributed by atoms with van der Waals surface area (Å²) in [7, 11) is 0. The summed E-state index contributed by atoms with van der Waals surface area (Å²) in [5.41, 5.74) is 1.94. The molecule has 0 radical (unpaired) electrons. The van der Waals surface area contributed by atoms with Crippen LogP contribution in [-0.2, 0) is 5.41 Å². The molecule has 1 atom stereocenters. The predicted molar refractivity (Wildman–Crippen MR) is 110 cm³/mol. The fourth-order valence-corrected chi connectivity index (χ4v) is 3.82. The van der Waals surface area contributed by atoms with E-state index in [1.807, 2.05) is 0 Å². The van der Waals surface area contributed by atoms with Gasteiger partial charge in [-0.2, -0.15) is 0 Å². The average Bonchev–Trinajstić information content (AvgIpc) is 2.62. The molecule has 0 aromatic heterocycles. The summed E-state index contributed by atoms with van der Waals surface area (Å²) in [5, 5.41) is 0. The molecule has 1 aromatic rings. The van der Waals surface area contributed by atoms with Crippen LogP contribution in [0.2, 0.25) is 0 Å². The van der Waals surface area contributed by atoms with Crippen LogP contribution in [0.5, 0.6) is 0 Å². The van der Waals surface area contributed by atoms with Crippen molar-refractivity contribution in [1.82, 2.24) is 0 Å². The summed E-state index contributed by atoms with van der Waals surface area (Å²) < 4.78 is 0. The van der Waals surface area contributed by atoms with Gasteiger partial charge < -0.3 is 0 Å². The molecule has 0 heteroatoms. The summed E-state index contributed by atoms with van der Waals surface area (Å²) in [5.74, 6) is 0. The highest BCUT2D eigenvalue weighted by Crippen LogP contribution is 2.35. The van der Waals surface area contributed by atoms with Gasteiger partial charge in [0.2, 0.25) is 0 Å². The Kier molecular flexibility index (Phi) is 12.0. The molecule has 0 spiro atoms. The van der Waals surface area contributed by atoms with Crippen molar-refractivity contribution in [3.8, 4) is 0 Å². The molecule has 1 rings (SSSR count). The lowest BCUT2D eigenvalue weighted by atomic mass is 9.74.